The summed E-state index contributed by atoms with van der Waals surface area (Å²) < 4.78 is 0. The lowest BCUT2D eigenvalue weighted by Crippen LogP contribution is -2.34. The fourth-order valence-corrected chi connectivity index (χ4v) is 2.01. The number of nitrogens with one attached hydrogen (secondary N) is 1. The minimum absolute atomic E-state index is 0.00111. The predicted octanol–water partition coefficient (Wildman–Crippen LogP) is 2.72. The molecule has 0 aliphatic carbocycles. The summed E-state index contributed by atoms with van der Waals surface area (Å²) in [6.07, 6.45) is 0.658. The lowest BCUT2D eigenvalue weighted by Gasteiger charge is -2.14. The SMILES string of the molecule is CC(Cc1ccc(C(C)C)cc1)NC(=O)CCC(=O)O. The molecule has 0 radical (unpaired) electrons. The molecule has 1 atom stereocenters. The lowest BCUT2D eigenvalue weighted by molar-refractivity contribution is -0.138. The molecule has 0 aromatic heterocycles. The van der Waals surface area contributed by atoms with Gasteiger partial charge in [0.1, 0.15) is 0 Å². The van der Waals surface area contributed by atoms with Gasteiger partial charge in [0.2, 0.25) is 5.91 Å². The second kappa shape index (κ2) is 7.68. The van der Waals surface area contributed by atoms with E-state index in [4.69, 9.17) is 5.11 Å². The Kier molecular flexibility index (Phi) is 6.22. The molecule has 1 amide bonds. The van der Waals surface area contributed by atoms with Crippen LogP contribution >= 0.6 is 0 Å². The molecule has 0 bridgehead atoms. The van der Waals surface area contributed by atoms with Gasteiger partial charge in [0.25, 0.3) is 0 Å². The number of benzene rings is 1. The monoisotopic (exact) mass is 277 g/mol. The first kappa shape index (κ1) is 16.2. The van der Waals surface area contributed by atoms with Gasteiger partial charge in [-0.05, 0) is 30.4 Å². The van der Waals surface area contributed by atoms with Crippen LogP contribution in [0.15, 0.2) is 24.3 Å². The summed E-state index contributed by atoms with van der Waals surface area (Å²) in [5.41, 5.74) is 2.47. The van der Waals surface area contributed by atoms with Crippen molar-refractivity contribution in [3.63, 3.8) is 0 Å². The molecule has 4 heteroatoms. The molecule has 0 fully saturated rings. The Bertz CT molecular complexity index is 451. The van der Waals surface area contributed by atoms with Gasteiger partial charge in [0.15, 0.2) is 0 Å². The molecule has 1 aromatic carbocycles. The topological polar surface area (TPSA) is 66.4 Å². The van der Waals surface area contributed by atoms with Crippen LogP contribution in [0.1, 0.15) is 50.7 Å². The second-order valence-corrected chi connectivity index (χ2v) is 5.46. The Hall–Kier alpha value is -1.84. The standard InChI is InChI=1S/C16H23NO3/c1-11(2)14-6-4-13(5-7-14)10-12(3)17-15(18)8-9-16(19)20/h4-7,11-12H,8-10H2,1-3H3,(H,17,18)(H,19,20). The molecule has 0 aliphatic heterocycles. The van der Waals surface area contributed by atoms with Crippen molar-refractivity contribution in [1.82, 2.24) is 5.32 Å². The Morgan fingerprint density at radius 2 is 1.70 bits per heavy atom. The molecule has 0 spiro atoms. The van der Waals surface area contributed by atoms with E-state index in [0.717, 1.165) is 6.42 Å². The molecular formula is C16H23NO3. The highest BCUT2D eigenvalue weighted by Crippen LogP contribution is 2.15. The van der Waals surface area contributed by atoms with E-state index in [2.05, 4.69) is 43.4 Å². The van der Waals surface area contributed by atoms with Crippen molar-refractivity contribution < 1.29 is 14.7 Å². The van der Waals surface area contributed by atoms with Crippen LogP contribution < -0.4 is 5.32 Å². The molecule has 1 unspecified atom stereocenters. The van der Waals surface area contributed by atoms with Crippen LogP contribution in [-0.2, 0) is 16.0 Å². The second-order valence-electron chi connectivity index (χ2n) is 5.46. The molecule has 0 aliphatic rings. The van der Waals surface area contributed by atoms with Crippen LogP contribution in [0, 0.1) is 0 Å². The van der Waals surface area contributed by atoms with Crippen molar-refractivity contribution in [1.29, 1.82) is 0 Å². The quantitative estimate of drug-likeness (QED) is 0.805. The third-order valence-corrected chi connectivity index (χ3v) is 3.16. The third-order valence-electron chi connectivity index (χ3n) is 3.16. The number of carboxylic acid groups (broad SMARTS) is 1. The lowest BCUT2D eigenvalue weighted by atomic mass is 9.99. The van der Waals surface area contributed by atoms with Crippen LogP contribution in [0.4, 0.5) is 0 Å². The maximum Gasteiger partial charge on any atom is 0.303 e. The summed E-state index contributed by atoms with van der Waals surface area (Å²) in [5.74, 6) is -0.645. The van der Waals surface area contributed by atoms with E-state index in [1.807, 2.05) is 6.92 Å². The van der Waals surface area contributed by atoms with E-state index < -0.39 is 5.97 Å². The summed E-state index contributed by atoms with van der Waals surface area (Å²) in [6, 6.07) is 8.38. The third kappa shape index (κ3) is 5.87. The zero-order valence-corrected chi connectivity index (χ0v) is 12.3. The summed E-state index contributed by atoms with van der Waals surface area (Å²) in [4.78, 5) is 21.9. The van der Waals surface area contributed by atoms with Crippen molar-refractivity contribution in [2.75, 3.05) is 0 Å². The first-order chi connectivity index (χ1) is 9.38. The van der Waals surface area contributed by atoms with E-state index in [9.17, 15) is 9.59 Å². The smallest absolute Gasteiger partial charge is 0.303 e. The zero-order chi connectivity index (χ0) is 15.1. The Labute approximate surface area is 120 Å². The number of carbonyl (C=O) groups excluding carboxylic acids is 1. The fraction of sp³-hybridized carbons (Fsp3) is 0.500. The van der Waals surface area contributed by atoms with Crippen LogP contribution in [0.2, 0.25) is 0 Å². The molecule has 0 saturated carbocycles. The molecule has 0 heterocycles. The number of rotatable bonds is 7. The van der Waals surface area contributed by atoms with Crippen LogP contribution in [0.25, 0.3) is 0 Å². The van der Waals surface area contributed by atoms with Crippen LogP contribution in [-0.4, -0.2) is 23.0 Å². The normalized spacial score (nSPS) is 12.2. The largest absolute Gasteiger partial charge is 0.481 e. The van der Waals surface area contributed by atoms with Gasteiger partial charge in [-0.2, -0.15) is 0 Å². The number of hydrogen-bond donors (Lipinski definition) is 2. The van der Waals surface area contributed by atoms with E-state index in [1.54, 1.807) is 0 Å². The summed E-state index contributed by atoms with van der Waals surface area (Å²) in [7, 11) is 0. The van der Waals surface area contributed by atoms with Crippen molar-refractivity contribution in [3.05, 3.63) is 35.4 Å². The highest BCUT2D eigenvalue weighted by molar-refractivity contribution is 5.80. The molecule has 20 heavy (non-hydrogen) atoms. The maximum absolute atomic E-state index is 11.5. The number of amides is 1. The van der Waals surface area contributed by atoms with E-state index >= 15 is 0 Å². The highest BCUT2D eigenvalue weighted by Gasteiger charge is 2.10. The van der Waals surface area contributed by atoms with Gasteiger partial charge in [-0.15, -0.1) is 0 Å². The number of carbonyl (C=O) groups is 2. The van der Waals surface area contributed by atoms with E-state index in [1.165, 1.54) is 11.1 Å². The Morgan fingerprint density at radius 3 is 2.20 bits per heavy atom. The van der Waals surface area contributed by atoms with Crippen molar-refractivity contribution in [2.45, 2.75) is 52.0 Å². The molecular weight excluding hydrogens is 254 g/mol. The predicted molar refractivity (Wildman–Crippen MR) is 78.7 cm³/mol. The average molecular weight is 277 g/mol. The Balaban J connectivity index is 2.43. The molecule has 1 aromatic rings. The van der Waals surface area contributed by atoms with Gasteiger partial charge < -0.3 is 10.4 Å². The Morgan fingerprint density at radius 1 is 1.10 bits per heavy atom. The van der Waals surface area contributed by atoms with Gasteiger partial charge in [-0.1, -0.05) is 38.1 Å². The van der Waals surface area contributed by atoms with Crippen molar-refractivity contribution >= 4 is 11.9 Å². The number of carboxylic acids is 1. The average Bonchev–Trinajstić information content (AvgIpc) is 2.36. The minimum Gasteiger partial charge on any atom is -0.481 e. The zero-order valence-electron chi connectivity index (χ0n) is 12.3. The first-order valence-corrected chi connectivity index (χ1v) is 6.98. The van der Waals surface area contributed by atoms with Gasteiger partial charge in [0.05, 0.1) is 6.42 Å². The maximum atomic E-state index is 11.5. The van der Waals surface area contributed by atoms with E-state index in [-0.39, 0.29) is 24.8 Å². The summed E-state index contributed by atoms with van der Waals surface area (Å²) in [6.45, 7) is 6.23. The summed E-state index contributed by atoms with van der Waals surface area (Å²) >= 11 is 0. The van der Waals surface area contributed by atoms with Gasteiger partial charge in [-0.3, -0.25) is 9.59 Å². The van der Waals surface area contributed by atoms with E-state index in [0.29, 0.717) is 5.92 Å². The molecule has 4 nitrogen and oxygen atoms in total. The summed E-state index contributed by atoms with van der Waals surface area (Å²) in [5, 5.41) is 11.3. The van der Waals surface area contributed by atoms with Gasteiger partial charge in [0, 0.05) is 12.5 Å². The first-order valence-electron chi connectivity index (χ1n) is 6.98. The minimum atomic E-state index is -0.947. The fourth-order valence-electron chi connectivity index (χ4n) is 2.01. The highest BCUT2D eigenvalue weighted by atomic mass is 16.4. The molecule has 0 saturated heterocycles. The molecule has 2 N–H and O–H groups in total. The van der Waals surface area contributed by atoms with Crippen LogP contribution in [0.3, 0.4) is 0 Å². The van der Waals surface area contributed by atoms with Crippen molar-refractivity contribution in [2.24, 2.45) is 0 Å². The molecule has 110 valence electrons. The van der Waals surface area contributed by atoms with Crippen LogP contribution in [0.5, 0.6) is 0 Å². The number of hydrogen-bond acceptors (Lipinski definition) is 2. The number of aliphatic carboxylic acids is 1. The molecule has 1 rings (SSSR count). The van der Waals surface area contributed by atoms with Crippen molar-refractivity contribution in [3.8, 4) is 0 Å². The van der Waals surface area contributed by atoms with Gasteiger partial charge >= 0.3 is 5.97 Å². The van der Waals surface area contributed by atoms with Gasteiger partial charge in [-0.25, -0.2) is 0 Å².